The second-order valence-electron chi connectivity index (χ2n) is 3.62. The number of thiophene rings is 1. The van der Waals surface area contributed by atoms with Gasteiger partial charge in [0, 0.05) is 19.7 Å². The second-order valence-corrected chi connectivity index (χ2v) is 5.34. The molecule has 0 bridgehead atoms. The molecular weight excluding hydrogens is 270 g/mol. The van der Waals surface area contributed by atoms with E-state index < -0.39 is 0 Å². The van der Waals surface area contributed by atoms with E-state index in [9.17, 15) is 0 Å². The number of methoxy groups -OCH3 is 1. The number of halogens is 1. The van der Waals surface area contributed by atoms with Crippen LogP contribution < -0.4 is 5.32 Å². The molecule has 2 aromatic rings. The summed E-state index contributed by atoms with van der Waals surface area (Å²) < 4.78 is 5.83. The first-order valence-electron chi connectivity index (χ1n) is 5.59. The Bertz CT molecular complexity index is 506. The molecule has 1 N–H and O–H groups in total. The minimum Gasteiger partial charge on any atom is -0.377 e. The van der Waals surface area contributed by atoms with Crippen molar-refractivity contribution in [2.45, 2.75) is 13.5 Å². The molecule has 2 heterocycles. The lowest BCUT2D eigenvalue weighted by Crippen LogP contribution is -2.05. The molecule has 96 valence electrons. The Morgan fingerprint density at radius 2 is 2.22 bits per heavy atom. The van der Waals surface area contributed by atoms with E-state index >= 15 is 0 Å². The number of aromatic nitrogens is 2. The first kappa shape index (κ1) is 13.3. The predicted octanol–water partition coefficient (Wildman–Crippen LogP) is 3.44. The topological polar surface area (TPSA) is 47.0 Å². The Balaban J connectivity index is 2.39. The number of hydrogen-bond acceptors (Lipinski definition) is 5. The van der Waals surface area contributed by atoms with E-state index in [1.807, 2.05) is 25.1 Å². The Kier molecular flexibility index (Phi) is 4.52. The molecule has 0 aliphatic rings. The molecule has 0 radical (unpaired) electrons. The third-order valence-electron chi connectivity index (χ3n) is 2.23. The van der Waals surface area contributed by atoms with E-state index in [-0.39, 0.29) is 0 Å². The molecule has 6 heteroatoms. The molecule has 0 unspecified atom stereocenters. The van der Waals surface area contributed by atoms with Crippen LogP contribution in [0.25, 0.3) is 10.6 Å². The average Bonchev–Trinajstić information content (AvgIpc) is 2.76. The fraction of sp³-hybridized carbons (Fsp3) is 0.333. The van der Waals surface area contributed by atoms with Crippen LogP contribution in [-0.2, 0) is 11.3 Å². The van der Waals surface area contributed by atoms with Crippen LogP contribution in [0.2, 0.25) is 4.34 Å². The first-order valence-corrected chi connectivity index (χ1v) is 6.79. The summed E-state index contributed by atoms with van der Waals surface area (Å²) >= 11 is 7.45. The fourth-order valence-electron chi connectivity index (χ4n) is 1.54. The molecule has 2 aromatic heterocycles. The van der Waals surface area contributed by atoms with Gasteiger partial charge in [-0.15, -0.1) is 11.3 Å². The van der Waals surface area contributed by atoms with Crippen molar-refractivity contribution in [3.05, 3.63) is 28.4 Å². The van der Waals surface area contributed by atoms with Gasteiger partial charge in [0.15, 0.2) is 5.82 Å². The van der Waals surface area contributed by atoms with E-state index in [0.29, 0.717) is 12.4 Å². The minimum atomic E-state index is 0.394. The van der Waals surface area contributed by atoms with E-state index in [4.69, 9.17) is 16.3 Å². The van der Waals surface area contributed by atoms with Gasteiger partial charge in [-0.1, -0.05) is 11.6 Å². The Labute approximate surface area is 115 Å². The van der Waals surface area contributed by atoms with E-state index in [0.717, 1.165) is 27.3 Å². The average molecular weight is 284 g/mol. The Morgan fingerprint density at radius 1 is 1.39 bits per heavy atom. The molecule has 0 amide bonds. The van der Waals surface area contributed by atoms with E-state index in [2.05, 4.69) is 15.3 Å². The van der Waals surface area contributed by atoms with Crippen molar-refractivity contribution in [2.75, 3.05) is 19.0 Å². The summed E-state index contributed by atoms with van der Waals surface area (Å²) in [6.07, 6.45) is 0. The van der Waals surface area contributed by atoms with Crippen molar-refractivity contribution >= 4 is 28.8 Å². The van der Waals surface area contributed by atoms with Crippen molar-refractivity contribution in [3.63, 3.8) is 0 Å². The highest BCUT2D eigenvalue weighted by Gasteiger charge is 2.08. The number of nitrogens with zero attached hydrogens (tertiary/aromatic N) is 2. The monoisotopic (exact) mass is 283 g/mol. The summed E-state index contributed by atoms with van der Waals surface area (Å²) in [5.41, 5.74) is 0.866. The number of ether oxygens (including phenoxy) is 1. The molecule has 18 heavy (non-hydrogen) atoms. The van der Waals surface area contributed by atoms with Crippen molar-refractivity contribution in [2.24, 2.45) is 0 Å². The maximum atomic E-state index is 5.95. The van der Waals surface area contributed by atoms with Crippen molar-refractivity contribution in [1.82, 2.24) is 9.97 Å². The zero-order valence-corrected chi connectivity index (χ0v) is 11.8. The quantitative estimate of drug-likeness (QED) is 0.913. The van der Waals surface area contributed by atoms with Crippen LogP contribution in [0.4, 0.5) is 5.82 Å². The van der Waals surface area contributed by atoms with Crippen LogP contribution in [0.1, 0.15) is 12.7 Å². The van der Waals surface area contributed by atoms with Crippen LogP contribution >= 0.6 is 22.9 Å². The summed E-state index contributed by atoms with van der Waals surface area (Å²) in [6, 6.07) is 5.75. The zero-order valence-electron chi connectivity index (χ0n) is 10.2. The van der Waals surface area contributed by atoms with Crippen LogP contribution in [0, 0.1) is 0 Å². The number of anilines is 1. The number of nitrogens with one attached hydrogen (secondary N) is 1. The minimum absolute atomic E-state index is 0.394. The molecule has 0 atom stereocenters. The molecule has 0 aliphatic heterocycles. The molecule has 0 aromatic carbocycles. The largest absolute Gasteiger partial charge is 0.377 e. The van der Waals surface area contributed by atoms with Gasteiger partial charge < -0.3 is 10.1 Å². The van der Waals surface area contributed by atoms with E-state index in [1.165, 1.54) is 11.3 Å². The highest BCUT2D eigenvalue weighted by molar-refractivity contribution is 7.19. The van der Waals surface area contributed by atoms with Crippen molar-refractivity contribution in [3.8, 4) is 10.6 Å². The fourth-order valence-corrected chi connectivity index (χ4v) is 2.54. The summed E-state index contributed by atoms with van der Waals surface area (Å²) in [5, 5.41) is 3.19. The summed E-state index contributed by atoms with van der Waals surface area (Å²) in [5.74, 6) is 1.47. The molecule has 0 saturated carbocycles. The van der Waals surface area contributed by atoms with Gasteiger partial charge in [-0.05, 0) is 19.1 Å². The molecule has 4 nitrogen and oxygen atoms in total. The van der Waals surface area contributed by atoms with Gasteiger partial charge in [-0.2, -0.15) is 0 Å². The third-order valence-corrected chi connectivity index (χ3v) is 3.48. The van der Waals surface area contributed by atoms with Crippen molar-refractivity contribution in [1.29, 1.82) is 0 Å². The highest BCUT2D eigenvalue weighted by Crippen LogP contribution is 2.30. The van der Waals surface area contributed by atoms with Gasteiger partial charge in [0.05, 0.1) is 14.9 Å². The van der Waals surface area contributed by atoms with Gasteiger partial charge >= 0.3 is 0 Å². The zero-order chi connectivity index (χ0) is 13.0. The summed E-state index contributed by atoms with van der Waals surface area (Å²) in [4.78, 5) is 9.86. The van der Waals surface area contributed by atoms with Gasteiger partial charge in [0.25, 0.3) is 0 Å². The molecule has 0 saturated heterocycles. The van der Waals surface area contributed by atoms with Crippen LogP contribution in [0.3, 0.4) is 0 Å². The first-order chi connectivity index (χ1) is 8.72. The lowest BCUT2D eigenvalue weighted by Gasteiger charge is -2.07. The highest BCUT2D eigenvalue weighted by atomic mass is 35.5. The van der Waals surface area contributed by atoms with E-state index in [1.54, 1.807) is 7.11 Å². The maximum absolute atomic E-state index is 5.95. The van der Waals surface area contributed by atoms with Gasteiger partial charge in [-0.3, -0.25) is 0 Å². The van der Waals surface area contributed by atoms with Gasteiger partial charge in [0.2, 0.25) is 0 Å². The van der Waals surface area contributed by atoms with Crippen LogP contribution in [0.15, 0.2) is 18.2 Å². The summed E-state index contributed by atoms with van der Waals surface area (Å²) in [7, 11) is 1.63. The van der Waals surface area contributed by atoms with Gasteiger partial charge in [0.1, 0.15) is 12.4 Å². The lowest BCUT2D eigenvalue weighted by molar-refractivity contribution is 0.178. The standard InChI is InChI=1S/C12H14ClN3OS/c1-3-14-11-6-8(9-4-5-10(13)18-9)15-12(16-11)7-17-2/h4-6H,3,7H2,1-2H3,(H,14,15,16). The van der Waals surface area contributed by atoms with Gasteiger partial charge in [-0.25, -0.2) is 9.97 Å². The smallest absolute Gasteiger partial charge is 0.157 e. The molecule has 2 rings (SSSR count). The summed E-state index contributed by atoms with van der Waals surface area (Å²) in [6.45, 7) is 3.24. The predicted molar refractivity (Wildman–Crippen MR) is 75.2 cm³/mol. The number of rotatable bonds is 5. The Hall–Kier alpha value is -1.17. The SMILES string of the molecule is CCNc1cc(-c2ccc(Cl)s2)nc(COC)n1. The maximum Gasteiger partial charge on any atom is 0.157 e. The third kappa shape index (κ3) is 3.19. The molecular formula is C12H14ClN3OS. The molecule has 0 aliphatic carbocycles. The lowest BCUT2D eigenvalue weighted by atomic mass is 10.3. The van der Waals surface area contributed by atoms with Crippen LogP contribution in [0.5, 0.6) is 0 Å². The molecule has 0 spiro atoms. The second kappa shape index (κ2) is 6.13. The normalized spacial score (nSPS) is 10.6. The van der Waals surface area contributed by atoms with Crippen LogP contribution in [-0.4, -0.2) is 23.6 Å². The Morgan fingerprint density at radius 3 is 2.83 bits per heavy atom. The number of hydrogen-bond donors (Lipinski definition) is 1. The molecule has 0 fully saturated rings. The van der Waals surface area contributed by atoms with Crippen molar-refractivity contribution < 1.29 is 4.74 Å².